The van der Waals surface area contributed by atoms with Crippen molar-refractivity contribution in [2.45, 2.75) is 0 Å². The predicted molar refractivity (Wildman–Crippen MR) is 47.3 cm³/mol. The summed E-state index contributed by atoms with van der Waals surface area (Å²) in [5.41, 5.74) is 0.0557. The van der Waals surface area contributed by atoms with Crippen LogP contribution in [0.4, 0.5) is 0 Å². The molecule has 5 heteroatoms. The zero-order chi connectivity index (χ0) is 11.9. The van der Waals surface area contributed by atoms with E-state index >= 15 is 0 Å². The second kappa shape index (κ2) is 3.02. The standard InChI is InChI=1S/C7H5BrN4/c8-6-4-11-5(3-12-6)7-9-1-2-10-7/h1-4H,(H,9,10)/i1D,2D,3D,4D. The first-order valence-electron chi connectivity index (χ1n) is 5.03. The van der Waals surface area contributed by atoms with Crippen LogP contribution in [-0.4, -0.2) is 19.9 Å². The van der Waals surface area contributed by atoms with Crippen LogP contribution >= 0.6 is 15.9 Å². The predicted octanol–water partition coefficient (Wildman–Crippen LogP) is 1.63. The third kappa shape index (κ3) is 1.35. The Balaban J connectivity index is 2.60. The molecule has 12 heavy (non-hydrogen) atoms. The topological polar surface area (TPSA) is 54.5 Å². The maximum absolute atomic E-state index is 7.56. The molecule has 0 bridgehead atoms. The van der Waals surface area contributed by atoms with Gasteiger partial charge in [0.15, 0.2) is 5.82 Å². The lowest BCUT2D eigenvalue weighted by atomic mass is 10.4. The number of aromatic amines is 1. The summed E-state index contributed by atoms with van der Waals surface area (Å²) in [4.78, 5) is 13.8. The van der Waals surface area contributed by atoms with E-state index < -0.39 is 0 Å². The molecule has 0 fully saturated rings. The Hall–Kier alpha value is -1.23. The van der Waals surface area contributed by atoms with E-state index in [1.54, 1.807) is 0 Å². The minimum atomic E-state index is -0.231. The molecule has 0 aromatic carbocycles. The van der Waals surface area contributed by atoms with Gasteiger partial charge >= 0.3 is 0 Å². The number of imidazole rings is 1. The van der Waals surface area contributed by atoms with Gasteiger partial charge in [-0.3, -0.25) is 0 Å². The fraction of sp³-hybridized carbons (Fsp3) is 0. The highest BCUT2D eigenvalue weighted by Gasteiger charge is 2.00. The first kappa shape index (κ1) is 4.13. The van der Waals surface area contributed by atoms with Gasteiger partial charge in [-0.25, -0.2) is 15.0 Å². The van der Waals surface area contributed by atoms with Crippen molar-refractivity contribution in [3.63, 3.8) is 0 Å². The van der Waals surface area contributed by atoms with Gasteiger partial charge < -0.3 is 4.98 Å². The summed E-state index contributed by atoms with van der Waals surface area (Å²) in [7, 11) is 0. The zero-order valence-electron chi connectivity index (χ0n) is 9.72. The molecule has 0 radical (unpaired) electrons. The second-order valence-electron chi connectivity index (χ2n) is 1.91. The van der Waals surface area contributed by atoms with Gasteiger partial charge in [-0.2, -0.15) is 0 Å². The van der Waals surface area contributed by atoms with E-state index in [1.807, 2.05) is 0 Å². The van der Waals surface area contributed by atoms with Crippen molar-refractivity contribution in [3.8, 4) is 11.5 Å². The van der Waals surface area contributed by atoms with Gasteiger partial charge in [-0.1, -0.05) is 0 Å². The monoisotopic (exact) mass is 228 g/mol. The second-order valence-corrected chi connectivity index (χ2v) is 2.66. The van der Waals surface area contributed by atoms with Crippen molar-refractivity contribution in [1.82, 2.24) is 19.9 Å². The smallest absolute Gasteiger partial charge is 0.157 e. The average molecular weight is 229 g/mol. The normalized spacial score (nSPS) is 14.8. The summed E-state index contributed by atoms with van der Waals surface area (Å²) in [6, 6.07) is 0. The van der Waals surface area contributed by atoms with E-state index in [2.05, 4.69) is 35.9 Å². The maximum Gasteiger partial charge on any atom is 0.157 e. The number of nitrogens with zero attached hydrogens (tertiary/aromatic N) is 3. The van der Waals surface area contributed by atoms with Gasteiger partial charge in [0.05, 0.1) is 17.8 Å². The van der Waals surface area contributed by atoms with E-state index in [0.717, 1.165) is 0 Å². The summed E-state index contributed by atoms with van der Waals surface area (Å²) in [6.45, 7) is 0. The Labute approximate surface area is 82.8 Å². The molecule has 1 N–H and O–H groups in total. The molecule has 0 aliphatic heterocycles. The highest BCUT2D eigenvalue weighted by Crippen LogP contribution is 2.10. The molecule has 0 amide bonds. The van der Waals surface area contributed by atoms with Gasteiger partial charge in [-0.05, 0) is 15.9 Å². The Morgan fingerprint density at radius 3 is 3.00 bits per heavy atom. The van der Waals surface area contributed by atoms with Crippen LogP contribution in [0, 0.1) is 0 Å². The van der Waals surface area contributed by atoms with E-state index in [1.165, 1.54) is 0 Å². The molecule has 0 saturated heterocycles. The van der Waals surface area contributed by atoms with Crippen LogP contribution in [0.3, 0.4) is 0 Å². The van der Waals surface area contributed by atoms with E-state index in [0.29, 0.717) is 0 Å². The van der Waals surface area contributed by atoms with Gasteiger partial charge in [0.25, 0.3) is 0 Å². The van der Waals surface area contributed by atoms with Crippen molar-refractivity contribution < 1.29 is 5.48 Å². The summed E-state index contributed by atoms with van der Waals surface area (Å²) in [6.07, 6.45) is -0.687. The average Bonchev–Trinajstić information content (AvgIpc) is 2.53. The Morgan fingerprint density at radius 1 is 1.33 bits per heavy atom. The molecule has 0 spiro atoms. The van der Waals surface area contributed by atoms with Gasteiger partial charge in [0, 0.05) is 12.3 Å². The molecular weight excluding hydrogens is 220 g/mol. The van der Waals surface area contributed by atoms with Crippen LogP contribution in [0.5, 0.6) is 0 Å². The van der Waals surface area contributed by atoms with Crippen LogP contribution in [0.25, 0.3) is 11.5 Å². The summed E-state index contributed by atoms with van der Waals surface area (Å²) in [5, 5.41) is 0. The largest absolute Gasteiger partial charge is 0.343 e. The molecule has 0 aliphatic carbocycles. The van der Waals surface area contributed by atoms with Crippen molar-refractivity contribution in [2.75, 3.05) is 0 Å². The quantitative estimate of drug-likeness (QED) is 0.808. The van der Waals surface area contributed by atoms with Crippen molar-refractivity contribution in [1.29, 1.82) is 0 Å². The van der Waals surface area contributed by atoms with Crippen LogP contribution in [0.15, 0.2) is 29.3 Å². The fourth-order valence-corrected chi connectivity index (χ4v) is 0.848. The highest BCUT2D eigenvalue weighted by atomic mass is 79.9. The molecule has 2 rings (SSSR count). The SMILES string of the molecule is [2H]c1nc(-c2nc([2H])c([2H])[nH]2)c([2H])nc1Br. The van der Waals surface area contributed by atoms with Crippen LogP contribution in [-0.2, 0) is 0 Å². The number of H-pyrrole nitrogens is 1. The molecule has 0 aliphatic rings. The first-order chi connectivity index (χ1) is 7.49. The minimum Gasteiger partial charge on any atom is -0.343 e. The Kier molecular flexibility index (Phi) is 1.04. The van der Waals surface area contributed by atoms with Crippen LogP contribution in [0.1, 0.15) is 5.48 Å². The minimum absolute atomic E-state index is 0.0557. The number of rotatable bonds is 1. The fourth-order valence-electron chi connectivity index (χ4n) is 0.671. The molecule has 2 heterocycles. The maximum atomic E-state index is 7.56. The van der Waals surface area contributed by atoms with Gasteiger partial charge in [-0.15, -0.1) is 0 Å². The summed E-state index contributed by atoms with van der Waals surface area (Å²) >= 11 is 2.99. The molecule has 0 saturated carbocycles. The Bertz CT molecular complexity index is 536. The number of aromatic nitrogens is 4. The number of nitrogens with one attached hydrogen (secondary N) is 1. The number of hydrogen-bond acceptors (Lipinski definition) is 3. The van der Waals surface area contributed by atoms with Crippen molar-refractivity contribution in [2.24, 2.45) is 0 Å². The molecule has 2 aromatic heterocycles. The van der Waals surface area contributed by atoms with Crippen molar-refractivity contribution >= 4 is 15.9 Å². The summed E-state index contributed by atoms with van der Waals surface area (Å²) in [5.74, 6) is 0.105. The first-order valence-corrected chi connectivity index (χ1v) is 3.82. The lowest BCUT2D eigenvalue weighted by Crippen LogP contribution is -1.86. The Morgan fingerprint density at radius 2 is 2.25 bits per heavy atom. The molecule has 0 unspecified atom stereocenters. The molecule has 2 aromatic rings. The zero-order valence-corrected chi connectivity index (χ0v) is 7.31. The van der Waals surface area contributed by atoms with Gasteiger partial charge in [0.1, 0.15) is 10.3 Å². The third-order valence-corrected chi connectivity index (χ3v) is 1.50. The van der Waals surface area contributed by atoms with E-state index in [4.69, 9.17) is 5.48 Å². The van der Waals surface area contributed by atoms with Crippen LogP contribution in [0.2, 0.25) is 0 Å². The third-order valence-electron chi connectivity index (χ3n) is 1.15. The molecule has 0 atom stereocenters. The lowest BCUT2D eigenvalue weighted by Gasteiger charge is -1.93. The summed E-state index contributed by atoms with van der Waals surface area (Å²) < 4.78 is 29.7. The lowest BCUT2D eigenvalue weighted by molar-refractivity contribution is 1.13. The number of hydrogen-bond donors (Lipinski definition) is 1. The number of halogens is 1. The van der Waals surface area contributed by atoms with Crippen LogP contribution < -0.4 is 0 Å². The van der Waals surface area contributed by atoms with Crippen molar-refractivity contribution in [3.05, 3.63) is 29.3 Å². The molecular formula is C7H5BrN4. The van der Waals surface area contributed by atoms with E-state index in [9.17, 15) is 0 Å². The molecule has 60 valence electrons. The molecule has 4 nitrogen and oxygen atoms in total. The van der Waals surface area contributed by atoms with E-state index in [-0.39, 0.29) is 40.8 Å². The van der Waals surface area contributed by atoms with Gasteiger partial charge in [0.2, 0.25) is 0 Å². The highest BCUT2D eigenvalue weighted by molar-refractivity contribution is 9.10.